The van der Waals surface area contributed by atoms with Crippen molar-refractivity contribution in [3.63, 3.8) is 0 Å². The van der Waals surface area contributed by atoms with Gasteiger partial charge in [0, 0.05) is 11.1 Å². The van der Waals surface area contributed by atoms with Crippen molar-refractivity contribution in [2.45, 2.75) is 147 Å². The molecule has 48 heavy (non-hydrogen) atoms. The van der Waals surface area contributed by atoms with Gasteiger partial charge in [0.25, 0.3) is 0 Å². The number of rotatable bonds is 2. The molecule has 1 aromatic carbocycles. The van der Waals surface area contributed by atoms with E-state index in [1.807, 2.05) is 0 Å². The highest BCUT2D eigenvalue weighted by molar-refractivity contribution is 5.78. The van der Waals surface area contributed by atoms with E-state index in [0.29, 0.717) is 29.4 Å². The van der Waals surface area contributed by atoms with E-state index >= 15 is 0 Å². The standard InChI is InChI=1S/C47H68O/c1-27(2)39(33-21-28(42(3,4)5)22-38(41(33)48)43(6,7)8)40-31-25-36-34(44(9,10)17-19-46(36,13)14)23-29(31)30-24-35-37(26-32(30)40)47(15,16)20-18-45(35,11)12/h21-26,29-32,40,48H,17-20H2,1-16H3. The number of phenolic OH excluding ortho intramolecular Hbond substituents is 1. The fraction of sp³-hybridized carbons (Fsp3) is 0.660. The molecule has 0 spiro atoms. The van der Waals surface area contributed by atoms with Crippen LogP contribution in [0.2, 0.25) is 0 Å². The fourth-order valence-electron chi connectivity index (χ4n) is 10.4. The van der Waals surface area contributed by atoms with Crippen LogP contribution in [0.4, 0.5) is 0 Å². The number of benzene rings is 1. The monoisotopic (exact) mass is 649 g/mol. The van der Waals surface area contributed by atoms with Crippen molar-refractivity contribution in [1.82, 2.24) is 0 Å². The number of aromatic hydroxyl groups is 1. The third-order valence-electron chi connectivity index (χ3n) is 13.8. The molecule has 5 aliphatic carbocycles. The maximum atomic E-state index is 12.4. The summed E-state index contributed by atoms with van der Waals surface area (Å²) in [4.78, 5) is 0. The Morgan fingerprint density at radius 2 is 0.917 bits per heavy atom. The molecule has 3 fully saturated rings. The van der Waals surface area contributed by atoms with E-state index in [0.717, 1.165) is 11.1 Å². The van der Waals surface area contributed by atoms with Crippen LogP contribution in [0.25, 0.3) is 5.57 Å². The molecule has 6 rings (SSSR count). The summed E-state index contributed by atoms with van der Waals surface area (Å²) in [6.45, 7) is 38.2. The first-order valence-corrected chi connectivity index (χ1v) is 19.2. The Hall–Kier alpha value is -2.28. The van der Waals surface area contributed by atoms with Crippen LogP contribution in [-0.2, 0) is 10.8 Å². The largest absolute Gasteiger partial charge is 0.507 e. The van der Waals surface area contributed by atoms with Crippen LogP contribution in [0, 0.1) is 51.2 Å². The molecule has 5 aliphatic rings. The Bertz CT molecular complexity index is 1600. The zero-order valence-electron chi connectivity index (χ0n) is 33.6. The molecule has 0 saturated heterocycles. The van der Waals surface area contributed by atoms with Gasteiger partial charge in [0.15, 0.2) is 0 Å². The van der Waals surface area contributed by atoms with E-state index < -0.39 is 0 Å². The van der Waals surface area contributed by atoms with Crippen LogP contribution in [0.1, 0.15) is 153 Å². The van der Waals surface area contributed by atoms with E-state index in [-0.39, 0.29) is 38.4 Å². The maximum absolute atomic E-state index is 12.4. The van der Waals surface area contributed by atoms with Gasteiger partial charge in [-0.3, -0.25) is 0 Å². The maximum Gasteiger partial charge on any atom is 0.126 e. The zero-order chi connectivity index (χ0) is 35.7. The molecule has 0 heterocycles. The predicted octanol–water partition coefficient (Wildman–Crippen LogP) is 13.3. The van der Waals surface area contributed by atoms with Gasteiger partial charge in [0.2, 0.25) is 0 Å². The Morgan fingerprint density at radius 3 is 1.23 bits per heavy atom. The summed E-state index contributed by atoms with van der Waals surface area (Å²) in [7, 11) is 0. The minimum absolute atomic E-state index is 0.0275. The molecule has 1 aromatic rings. The highest BCUT2D eigenvalue weighted by Crippen LogP contribution is 2.66. The van der Waals surface area contributed by atoms with Gasteiger partial charge < -0.3 is 5.11 Å². The van der Waals surface area contributed by atoms with E-state index in [4.69, 9.17) is 0 Å². The molecule has 1 N–H and O–H groups in total. The molecule has 4 atom stereocenters. The second kappa shape index (κ2) is 10.9. The summed E-state index contributed by atoms with van der Waals surface area (Å²) in [6, 6.07) is 4.65. The predicted molar refractivity (Wildman–Crippen MR) is 207 cm³/mol. The Labute approximate surface area is 295 Å². The van der Waals surface area contributed by atoms with Crippen molar-refractivity contribution in [2.75, 3.05) is 0 Å². The van der Waals surface area contributed by atoms with E-state index in [1.54, 1.807) is 22.3 Å². The zero-order valence-corrected chi connectivity index (χ0v) is 33.6. The number of allylic oxidation sites excluding steroid dienone is 10. The van der Waals surface area contributed by atoms with Crippen molar-refractivity contribution in [1.29, 1.82) is 0 Å². The van der Waals surface area contributed by atoms with Gasteiger partial charge in [-0.15, -0.1) is 0 Å². The minimum Gasteiger partial charge on any atom is -0.507 e. The van der Waals surface area contributed by atoms with Crippen molar-refractivity contribution in [2.24, 2.45) is 51.2 Å². The van der Waals surface area contributed by atoms with Crippen molar-refractivity contribution in [3.05, 3.63) is 81.0 Å². The molecular formula is C47H68O. The summed E-state index contributed by atoms with van der Waals surface area (Å²) in [5.74, 6) is 2.44. The smallest absolute Gasteiger partial charge is 0.126 e. The minimum atomic E-state index is -0.169. The van der Waals surface area contributed by atoms with Gasteiger partial charge >= 0.3 is 0 Å². The molecule has 0 aromatic heterocycles. The molecule has 4 unspecified atom stereocenters. The van der Waals surface area contributed by atoms with Gasteiger partial charge in [-0.1, -0.05) is 133 Å². The van der Waals surface area contributed by atoms with Gasteiger partial charge in [-0.2, -0.15) is 0 Å². The number of fused-ring (bicyclic) bond motifs is 5. The van der Waals surface area contributed by atoms with Gasteiger partial charge in [-0.05, 0) is 141 Å². The second-order valence-corrected chi connectivity index (χ2v) is 21.5. The summed E-state index contributed by atoms with van der Waals surface area (Å²) in [5.41, 5.74) is 13.1. The van der Waals surface area contributed by atoms with Crippen LogP contribution >= 0.6 is 0 Å². The lowest BCUT2D eigenvalue weighted by atomic mass is 9.56. The molecule has 0 amide bonds. The Kier molecular flexibility index (Phi) is 8.04. The average Bonchev–Trinajstić information content (AvgIpc) is 3.25. The lowest BCUT2D eigenvalue weighted by molar-refractivity contribution is 0.244. The van der Waals surface area contributed by atoms with E-state index in [2.05, 4.69) is 147 Å². The first-order valence-electron chi connectivity index (χ1n) is 19.2. The van der Waals surface area contributed by atoms with E-state index in [9.17, 15) is 5.11 Å². The normalized spacial score (nSPS) is 31.2. The Balaban J connectivity index is 1.66. The van der Waals surface area contributed by atoms with Gasteiger partial charge in [0.05, 0.1) is 0 Å². The summed E-state index contributed by atoms with van der Waals surface area (Å²) in [5, 5.41) is 12.4. The fourth-order valence-corrected chi connectivity index (χ4v) is 10.4. The number of hydrogen-bond acceptors (Lipinski definition) is 1. The molecule has 0 radical (unpaired) electrons. The number of phenols is 1. The Morgan fingerprint density at radius 1 is 0.562 bits per heavy atom. The first kappa shape index (κ1) is 35.5. The van der Waals surface area contributed by atoms with Crippen LogP contribution < -0.4 is 0 Å². The van der Waals surface area contributed by atoms with Gasteiger partial charge in [0.1, 0.15) is 5.75 Å². The third-order valence-corrected chi connectivity index (χ3v) is 13.8. The molecular weight excluding hydrogens is 581 g/mol. The van der Waals surface area contributed by atoms with E-state index in [1.165, 1.54) is 42.4 Å². The molecule has 1 nitrogen and oxygen atoms in total. The molecule has 0 aliphatic heterocycles. The molecule has 3 saturated carbocycles. The van der Waals surface area contributed by atoms with Crippen molar-refractivity contribution in [3.8, 4) is 5.75 Å². The topological polar surface area (TPSA) is 20.2 Å². The highest BCUT2D eigenvalue weighted by atomic mass is 16.3. The average molecular weight is 649 g/mol. The number of hydrogen-bond donors (Lipinski definition) is 1. The van der Waals surface area contributed by atoms with Crippen LogP contribution in [0.3, 0.4) is 0 Å². The van der Waals surface area contributed by atoms with Crippen LogP contribution in [-0.4, -0.2) is 5.11 Å². The lowest BCUT2D eigenvalue weighted by Crippen LogP contribution is -2.36. The van der Waals surface area contributed by atoms with Crippen molar-refractivity contribution < 1.29 is 5.11 Å². The van der Waals surface area contributed by atoms with Gasteiger partial charge in [-0.25, -0.2) is 0 Å². The van der Waals surface area contributed by atoms with Crippen LogP contribution in [0.5, 0.6) is 5.75 Å². The van der Waals surface area contributed by atoms with Crippen molar-refractivity contribution >= 4 is 5.57 Å². The quantitative estimate of drug-likeness (QED) is 0.338. The first-order chi connectivity index (χ1) is 21.8. The van der Waals surface area contributed by atoms with Crippen LogP contribution in [0.15, 0.2) is 64.3 Å². The summed E-state index contributed by atoms with van der Waals surface area (Å²) in [6.07, 6.45) is 16.1. The summed E-state index contributed by atoms with van der Waals surface area (Å²) >= 11 is 0. The molecule has 1 heteroatoms. The molecule has 262 valence electrons. The second-order valence-electron chi connectivity index (χ2n) is 21.5. The lowest BCUT2D eigenvalue weighted by Gasteiger charge is -2.48. The SMILES string of the molecule is CC(C)=C(c1cc(C(C)(C)C)cc(C(C)(C)C)c1O)C1C2C=C3C(=CC2C2C=C4C(=CC21)C(C)(C)CCC4(C)C)C(C)(C)CCC3(C)C. The molecule has 0 bridgehead atoms. The third kappa shape index (κ3) is 5.57. The summed E-state index contributed by atoms with van der Waals surface area (Å²) < 4.78 is 0. The highest BCUT2D eigenvalue weighted by Gasteiger charge is 2.56.